The molecule has 0 saturated heterocycles. The number of benzene rings is 2. The Bertz CT molecular complexity index is 824. The quantitative estimate of drug-likeness (QED) is 0.644. The minimum absolute atomic E-state index is 0.00150. The topological polar surface area (TPSA) is 77.3 Å². The van der Waals surface area contributed by atoms with Crippen molar-refractivity contribution in [3.8, 4) is 0 Å². The van der Waals surface area contributed by atoms with E-state index in [-0.39, 0.29) is 11.5 Å². The molecule has 0 radical (unpaired) electrons. The summed E-state index contributed by atoms with van der Waals surface area (Å²) in [7, 11) is -1.34. The molecule has 3 rings (SSSR count). The van der Waals surface area contributed by atoms with Gasteiger partial charge in [-0.15, -0.1) is 0 Å². The maximum atomic E-state index is 12.4. The number of nitro benzene ring substituents is 1. The lowest BCUT2D eigenvalue weighted by atomic mass is 9.98. The van der Waals surface area contributed by atoms with Crippen LogP contribution in [0, 0.1) is 10.1 Å². The van der Waals surface area contributed by atoms with Crippen LogP contribution in [0.2, 0.25) is 0 Å². The number of non-ortho nitro benzene ring substituents is 1. The number of nitrogens with zero attached hydrogens (tertiary/aromatic N) is 1. The third-order valence-electron chi connectivity index (χ3n) is 3.43. The molecule has 0 amide bonds. The van der Waals surface area contributed by atoms with Crippen molar-refractivity contribution < 1.29 is 13.9 Å². The van der Waals surface area contributed by atoms with Gasteiger partial charge in [-0.1, -0.05) is 24.3 Å². The lowest BCUT2D eigenvalue weighted by molar-refractivity contribution is -0.384. The molecule has 6 heteroatoms. The predicted molar refractivity (Wildman–Crippen MR) is 82.1 cm³/mol. The summed E-state index contributed by atoms with van der Waals surface area (Å²) in [6.45, 7) is 0. The highest BCUT2D eigenvalue weighted by atomic mass is 32.2. The lowest BCUT2D eigenvalue weighted by Gasteiger charge is -2.15. The Labute approximate surface area is 128 Å². The molecule has 2 aromatic carbocycles. The van der Waals surface area contributed by atoms with Crippen molar-refractivity contribution >= 4 is 22.3 Å². The molecule has 0 N–H and O–H groups in total. The molecule has 22 heavy (non-hydrogen) atoms. The molecule has 0 bridgehead atoms. The predicted octanol–water partition coefficient (Wildman–Crippen LogP) is 3.03. The SMILES string of the molecule is O=C1C(Cc2ccc([N+](=O)[O-])cc2)=CS(=O)c2ccccc21. The van der Waals surface area contributed by atoms with Gasteiger partial charge in [0.1, 0.15) is 0 Å². The maximum Gasteiger partial charge on any atom is 0.269 e. The van der Waals surface area contributed by atoms with Crippen molar-refractivity contribution in [2.24, 2.45) is 0 Å². The minimum atomic E-state index is -1.34. The summed E-state index contributed by atoms with van der Waals surface area (Å²) in [5.74, 6) is -0.145. The second-order valence-electron chi connectivity index (χ2n) is 4.87. The second kappa shape index (κ2) is 5.65. The van der Waals surface area contributed by atoms with Crippen LogP contribution in [-0.2, 0) is 17.2 Å². The molecule has 110 valence electrons. The van der Waals surface area contributed by atoms with Gasteiger partial charge in [0.15, 0.2) is 5.78 Å². The van der Waals surface area contributed by atoms with Crippen LogP contribution < -0.4 is 0 Å². The molecule has 1 unspecified atom stereocenters. The molecular weight excluding hydrogens is 302 g/mol. The van der Waals surface area contributed by atoms with Crippen LogP contribution >= 0.6 is 0 Å². The van der Waals surface area contributed by atoms with Crippen LogP contribution in [0.4, 0.5) is 5.69 Å². The Morgan fingerprint density at radius 3 is 2.41 bits per heavy atom. The molecular formula is C16H11NO4S. The first-order valence-corrected chi connectivity index (χ1v) is 7.76. The fourth-order valence-electron chi connectivity index (χ4n) is 2.33. The molecule has 0 spiro atoms. The van der Waals surface area contributed by atoms with Crippen molar-refractivity contribution in [3.05, 3.63) is 80.8 Å². The van der Waals surface area contributed by atoms with Gasteiger partial charge in [0, 0.05) is 35.1 Å². The lowest BCUT2D eigenvalue weighted by Crippen LogP contribution is -2.15. The van der Waals surface area contributed by atoms with E-state index in [0.717, 1.165) is 5.56 Å². The summed E-state index contributed by atoms with van der Waals surface area (Å²) in [6.07, 6.45) is 0.302. The van der Waals surface area contributed by atoms with Crippen molar-refractivity contribution in [2.75, 3.05) is 0 Å². The first kappa shape index (κ1) is 14.3. The number of hydrogen-bond donors (Lipinski definition) is 0. The molecule has 5 nitrogen and oxygen atoms in total. The highest BCUT2D eigenvalue weighted by molar-refractivity contribution is 7.88. The van der Waals surface area contributed by atoms with Crippen LogP contribution in [0.3, 0.4) is 0 Å². The smallest absolute Gasteiger partial charge is 0.269 e. The van der Waals surface area contributed by atoms with Crippen molar-refractivity contribution in [1.82, 2.24) is 0 Å². The van der Waals surface area contributed by atoms with E-state index in [1.54, 1.807) is 36.4 Å². The average molecular weight is 313 g/mol. The second-order valence-corrected chi connectivity index (χ2v) is 6.14. The van der Waals surface area contributed by atoms with Crippen molar-refractivity contribution in [3.63, 3.8) is 0 Å². The fraction of sp³-hybridized carbons (Fsp3) is 0.0625. The first-order chi connectivity index (χ1) is 10.6. The molecule has 2 aromatic rings. The van der Waals surface area contributed by atoms with E-state index in [4.69, 9.17) is 0 Å². The molecule has 0 saturated carbocycles. The van der Waals surface area contributed by atoms with Gasteiger partial charge < -0.3 is 0 Å². The molecule has 1 atom stereocenters. The zero-order valence-electron chi connectivity index (χ0n) is 11.4. The van der Waals surface area contributed by atoms with Crippen LogP contribution in [-0.4, -0.2) is 14.9 Å². The number of nitro groups is 1. The zero-order valence-corrected chi connectivity index (χ0v) is 12.2. The number of allylic oxidation sites excluding steroid dienone is 1. The Morgan fingerprint density at radius 1 is 1.05 bits per heavy atom. The van der Waals surface area contributed by atoms with Crippen LogP contribution in [0.5, 0.6) is 0 Å². The molecule has 0 aromatic heterocycles. The number of carbonyl (C=O) groups excluding carboxylic acids is 1. The summed E-state index contributed by atoms with van der Waals surface area (Å²) in [5.41, 5.74) is 1.68. The summed E-state index contributed by atoms with van der Waals surface area (Å²) in [4.78, 5) is 23.1. The van der Waals surface area contributed by atoms with Crippen LogP contribution in [0.25, 0.3) is 0 Å². The first-order valence-electron chi connectivity index (χ1n) is 6.54. The van der Waals surface area contributed by atoms with Crippen molar-refractivity contribution in [2.45, 2.75) is 11.3 Å². The summed E-state index contributed by atoms with van der Waals surface area (Å²) in [6, 6.07) is 12.8. The standard InChI is InChI=1S/C16H11NO4S/c18-16-12(9-11-5-7-13(8-6-11)17(19)20)10-22(21)15-4-2-1-3-14(15)16/h1-8,10H,9H2. The van der Waals surface area contributed by atoms with Gasteiger partial charge in [0.25, 0.3) is 5.69 Å². The van der Waals surface area contributed by atoms with Gasteiger partial charge in [-0.3, -0.25) is 14.9 Å². The van der Waals surface area contributed by atoms with E-state index in [1.807, 2.05) is 0 Å². The maximum absolute atomic E-state index is 12.4. The highest BCUT2D eigenvalue weighted by Gasteiger charge is 2.24. The summed E-state index contributed by atoms with van der Waals surface area (Å²) in [5, 5.41) is 12.1. The average Bonchev–Trinajstić information content (AvgIpc) is 2.53. The Hall–Kier alpha value is -2.60. The van der Waals surface area contributed by atoms with E-state index >= 15 is 0 Å². The van der Waals surface area contributed by atoms with Gasteiger partial charge in [0.2, 0.25) is 0 Å². The Morgan fingerprint density at radius 2 is 1.73 bits per heavy atom. The van der Waals surface area contributed by atoms with Gasteiger partial charge in [0.05, 0.1) is 20.6 Å². The number of fused-ring (bicyclic) bond motifs is 1. The van der Waals surface area contributed by atoms with Crippen LogP contribution in [0.15, 0.2) is 64.4 Å². The third-order valence-corrected chi connectivity index (χ3v) is 4.72. The molecule has 1 aliphatic heterocycles. The molecule has 0 aliphatic carbocycles. The summed E-state index contributed by atoms with van der Waals surface area (Å²) < 4.78 is 12.2. The number of hydrogen-bond acceptors (Lipinski definition) is 4. The highest BCUT2D eigenvalue weighted by Crippen LogP contribution is 2.26. The van der Waals surface area contributed by atoms with E-state index in [0.29, 0.717) is 22.5 Å². The number of rotatable bonds is 3. The zero-order chi connectivity index (χ0) is 15.7. The van der Waals surface area contributed by atoms with Gasteiger partial charge >= 0.3 is 0 Å². The Kier molecular flexibility index (Phi) is 3.68. The number of carbonyl (C=O) groups is 1. The van der Waals surface area contributed by atoms with Crippen LogP contribution in [0.1, 0.15) is 15.9 Å². The monoisotopic (exact) mass is 313 g/mol. The van der Waals surface area contributed by atoms with Gasteiger partial charge in [-0.25, -0.2) is 4.21 Å². The minimum Gasteiger partial charge on any atom is -0.289 e. The normalized spacial score (nSPS) is 16.8. The summed E-state index contributed by atoms with van der Waals surface area (Å²) >= 11 is 0. The molecule has 1 aliphatic rings. The van der Waals surface area contributed by atoms with E-state index < -0.39 is 15.7 Å². The van der Waals surface area contributed by atoms with E-state index in [2.05, 4.69) is 0 Å². The van der Waals surface area contributed by atoms with Crippen molar-refractivity contribution in [1.29, 1.82) is 0 Å². The third kappa shape index (κ3) is 2.60. The number of Topliss-reactive ketones (excluding diaryl/α,β-unsaturated/α-hetero) is 1. The largest absolute Gasteiger partial charge is 0.289 e. The molecule has 1 heterocycles. The Balaban J connectivity index is 1.89. The van der Waals surface area contributed by atoms with E-state index in [9.17, 15) is 19.1 Å². The van der Waals surface area contributed by atoms with Gasteiger partial charge in [-0.2, -0.15) is 0 Å². The van der Waals surface area contributed by atoms with Gasteiger partial charge in [-0.05, 0) is 17.7 Å². The number of ketones is 1. The van der Waals surface area contributed by atoms with E-state index in [1.165, 1.54) is 17.5 Å². The fourth-order valence-corrected chi connectivity index (χ4v) is 3.49. The molecule has 0 fully saturated rings.